The summed E-state index contributed by atoms with van der Waals surface area (Å²) >= 11 is 1.34. The van der Waals surface area contributed by atoms with Crippen molar-refractivity contribution in [2.75, 3.05) is 10.6 Å². The first-order valence-electron chi connectivity index (χ1n) is 8.71. The zero-order valence-corrected chi connectivity index (χ0v) is 15.5. The molecule has 0 aliphatic heterocycles. The van der Waals surface area contributed by atoms with E-state index in [1.165, 1.54) is 17.4 Å². The van der Waals surface area contributed by atoms with Crippen LogP contribution in [0.5, 0.6) is 0 Å². The number of carbonyl (C=O) groups is 1. The first-order valence-corrected chi connectivity index (χ1v) is 9.53. The number of amides is 1. The van der Waals surface area contributed by atoms with Crippen molar-refractivity contribution in [3.63, 3.8) is 0 Å². The summed E-state index contributed by atoms with van der Waals surface area (Å²) in [5.41, 5.74) is 0.567. The van der Waals surface area contributed by atoms with Gasteiger partial charge in [0.25, 0.3) is 11.6 Å². The van der Waals surface area contributed by atoms with E-state index in [4.69, 9.17) is 0 Å². The minimum atomic E-state index is -0.475. The van der Waals surface area contributed by atoms with E-state index in [0.717, 1.165) is 30.7 Å². The fourth-order valence-electron chi connectivity index (χ4n) is 2.65. The van der Waals surface area contributed by atoms with Gasteiger partial charge in [-0.2, -0.15) is 0 Å². The van der Waals surface area contributed by atoms with Gasteiger partial charge in [0, 0.05) is 23.6 Å². The molecular weight excluding hydrogens is 354 g/mol. The average molecular weight is 375 g/mol. The molecule has 0 saturated heterocycles. The van der Waals surface area contributed by atoms with Crippen LogP contribution in [0.3, 0.4) is 0 Å². The van der Waals surface area contributed by atoms with Crippen LogP contribution in [0.4, 0.5) is 16.5 Å². The first kappa shape index (κ1) is 18.2. The van der Waals surface area contributed by atoms with E-state index in [1.54, 1.807) is 12.1 Å². The van der Waals surface area contributed by atoms with E-state index in [2.05, 4.69) is 34.7 Å². The van der Waals surface area contributed by atoms with Gasteiger partial charge in [-0.05, 0) is 37.8 Å². The smallest absolute Gasteiger partial charge is 0.293 e. The largest absolute Gasteiger partial charge is 0.377 e. The van der Waals surface area contributed by atoms with Crippen LogP contribution in [0, 0.1) is 10.1 Å². The lowest BCUT2D eigenvalue weighted by atomic mass is 10.1. The van der Waals surface area contributed by atoms with Crippen LogP contribution in [0.2, 0.25) is 0 Å². The summed E-state index contributed by atoms with van der Waals surface area (Å²) in [5, 5.41) is 26.6. The highest BCUT2D eigenvalue weighted by Crippen LogP contribution is 2.32. The maximum Gasteiger partial charge on any atom is 0.293 e. The van der Waals surface area contributed by atoms with Crippen LogP contribution >= 0.6 is 11.3 Å². The Kier molecular flexibility index (Phi) is 5.46. The standard InChI is InChI=1S/C17H21N5O3S/c1-3-10(4-2)16-20-21-17(26-16)19-15(23)11-5-8-13(18-12-6-7-12)14(9-11)22(24)25/h5,8-10,12,18H,3-4,6-7H2,1-2H3,(H,19,21,23). The van der Waals surface area contributed by atoms with Crippen LogP contribution in [0.1, 0.15) is 60.8 Å². The minimum Gasteiger partial charge on any atom is -0.377 e. The zero-order chi connectivity index (χ0) is 18.7. The molecule has 138 valence electrons. The van der Waals surface area contributed by atoms with Gasteiger partial charge >= 0.3 is 0 Å². The maximum atomic E-state index is 12.4. The molecule has 0 spiro atoms. The van der Waals surface area contributed by atoms with Gasteiger partial charge in [0.15, 0.2) is 0 Å². The fraction of sp³-hybridized carbons (Fsp3) is 0.471. The second kappa shape index (κ2) is 7.77. The van der Waals surface area contributed by atoms with Crippen LogP contribution in [-0.2, 0) is 0 Å². The Hall–Kier alpha value is -2.55. The molecule has 1 heterocycles. The Labute approximate surface area is 155 Å². The molecule has 3 rings (SSSR count). The third kappa shape index (κ3) is 4.16. The number of nitro benzene ring substituents is 1. The second-order valence-corrected chi connectivity index (χ2v) is 7.33. The fourth-order valence-corrected chi connectivity index (χ4v) is 3.66. The van der Waals surface area contributed by atoms with E-state index in [1.807, 2.05) is 0 Å². The predicted octanol–water partition coefficient (Wildman–Crippen LogP) is 4.18. The topological polar surface area (TPSA) is 110 Å². The zero-order valence-electron chi connectivity index (χ0n) is 14.7. The highest BCUT2D eigenvalue weighted by molar-refractivity contribution is 7.15. The number of nitrogens with one attached hydrogen (secondary N) is 2. The number of carbonyl (C=O) groups excluding carboxylic acids is 1. The van der Waals surface area contributed by atoms with Gasteiger partial charge in [0.1, 0.15) is 10.7 Å². The van der Waals surface area contributed by atoms with Gasteiger partial charge in [-0.25, -0.2) is 0 Å². The molecule has 1 aliphatic rings. The molecule has 1 aromatic carbocycles. The van der Waals surface area contributed by atoms with Gasteiger partial charge in [-0.1, -0.05) is 25.2 Å². The van der Waals surface area contributed by atoms with Gasteiger partial charge in [0.2, 0.25) is 5.13 Å². The molecule has 0 bridgehead atoms. The third-order valence-electron chi connectivity index (χ3n) is 4.39. The van der Waals surface area contributed by atoms with Gasteiger partial charge < -0.3 is 5.32 Å². The van der Waals surface area contributed by atoms with Crippen LogP contribution < -0.4 is 10.6 Å². The molecule has 1 saturated carbocycles. The summed E-state index contributed by atoms with van der Waals surface area (Å²) in [4.78, 5) is 23.3. The Morgan fingerprint density at radius 2 is 2.08 bits per heavy atom. The molecule has 0 radical (unpaired) electrons. The third-order valence-corrected chi connectivity index (χ3v) is 5.39. The minimum absolute atomic E-state index is 0.0977. The van der Waals surface area contributed by atoms with Gasteiger partial charge in [-0.15, -0.1) is 10.2 Å². The van der Waals surface area contributed by atoms with Gasteiger partial charge in [0.05, 0.1) is 4.92 Å². The molecular formula is C17H21N5O3S. The molecule has 1 amide bonds. The van der Waals surface area contributed by atoms with E-state index >= 15 is 0 Å². The summed E-state index contributed by atoms with van der Waals surface area (Å²) in [6.07, 6.45) is 3.94. The van der Waals surface area contributed by atoms with Crippen molar-refractivity contribution in [3.05, 3.63) is 38.9 Å². The molecule has 0 unspecified atom stereocenters. The van der Waals surface area contributed by atoms with Crippen LogP contribution in [-0.4, -0.2) is 27.1 Å². The molecule has 0 atom stereocenters. The number of aromatic nitrogens is 2. The molecule has 1 fully saturated rings. The summed E-state index contributed by atoms with van der Waals surface area (Å²) in [6.45, 7) is 4.17. The molecule has 8 nitrogen and oxygen atoms in total. The summed E-state index contributed by atoms with van der Waals surface area (Å²) in [6, 6.07) is 4.75. The van der Waals surface area contributed by atoms with E-state index in [9.17, 15) is 14.9 Å². The number of anilines is 2. The van der Waals surface area contributed by atoms with E-state index in [-0.39, 0.29) is 11.3 Å². The number of benzene rings is 1. The van der Waals surface area contributed by atoms with Crippen molar-refractivity contribution >= 4 is 33.8 Å². The number of rotatable bonds is 8. The normalized spacial score (nSPS) is 13.7. The lowest BCUT2D eigenvalue weighted by Gasteiger charge is -2.07. The monoisotopic (exact) mass is 375 g/mol. The van der Waals surface area contributed by atoms with Crippen molar-refractivity contribution in [2.45, 2.75) is 51.5 Å². The first-order chi connectivity index (χ1) is 12.5. The average Bonchev–Trinajstić information content (AvgIpc) is 3.33. The van der Waals surface area contributed by atoms with Crippen molar-refractivity contribution in [3.8, 4) is 0 Å². The SMILES string of the molecule is CCC(CC)c1nnc(NC(=O)c2ccc(NC3CC3)c([N+](=O)[O-])c2)s1. The highest BCUT2D eigenvalue weighted by atomic mass is 32.1. The lowest BCUT2D eigenvalue weighted by Crippen LogP contribution is -2.13. The van der Waals surface area contributed by atoms with Crippen molar-refractivity contribution < 1.29 is 9.72 Å². The van der Waals surface area contributed by atoms with Crippen molar-refractivity contribution in [1.29, 1.82) is 0 Å². The Balaban J connectivity index is 1.75. The Bertz CT molecular complexity index is 814. The van der Waals surface area contributed by atoms with Crippen LogP contribution in [0.15, 0.2) is 18.2 Å². The van der Waals surface area contributed by atoms with E-state index < -0.39 is 10.8 Å². The Morgan fingerprint density at radius 3 is 2.69 bits per heavy atom. The van der Waals surface area contributed by atoms with Crippen LogP contribution in [0.25, 0.3) is 0 Å². The molecule has 9 heteroatoms. The quantitative estimate of drug-likeness (QED) is 0.529. The number of hydrogen-bond acceptors (Lipinski definition) is 7. The molecule has 1 aromatic heterocycles. The van der Waals surface area contributed by atoms with Gasteiger partial charge in [-0.3, -0.25) is 20.2 Å². The molecule has 2 aromatic rings. The number of hydrogen-bond donors (Lipinski definition) is 2. The molecule has 2 N–H and O–H groups in total. The van der Waals surface area contributed by atoms with Crippen molar-refractivity contribution in [2.24, 2.45) is 0 Å². The van der Waals surface area contributed by atoms with E-state index in [0.29, 0.717) is 22.8 Å². The summed E-state index contributed by atoms with van der Waals surface area (Å²) in [7, 11) is 0. The highest BCUT2D eigenvalue weighted by Gasteiger charge is 2.26. The predicted molar refractivity (Wildman–Crippen MR) is 101 cm³/mol. The Morgan fingerprint density at radius 1 is 1.35 bits per heavy atom. The lowest BCUT2D eigenvalue weighted by molar-refractivity contribution is -0.384. The summed E-state index contributed by atoms with van der Waals surface area (Å²) in [5.74, 6) is -0.106. The summed E-state index contributed by atoms with van der Waals surface area (Å²) < 4.78 is 0. The molecule has 26 heavy (non-hydrogen) atoms. The number of nitro groups is 1. The van der Waals surface area contributed by atoms with Crippen molar-refractivity contribution in [1.82, 2.24) is 10.2 Å². The molecule has 1 aliphatic carbocycles. The number of nitrogens with zero attached hydrogens (tertiary/aromatic N) is 3. The second-order valence-electron chi connectivity index (χ2n) is 6.32. The maximum absolute atomic E-state index is 12.4.